The summed E-state index contributed by atoms with van der Waals surface area (Å²) in [4.78, 5) is 16.2. The third-order valence-electron chi connectivity index (χ3n) is 3.15. The van der Waals surface area contributed by atoms with Gasteiger partial charge in [0.2, 0.25) is 0 Å². The van der Waals surface area contributed by atoms with Crippen LogP contribution in [0.1, 0.15) is 21.5 Å². The second-order valence-corrected chi connectivity index (χ2v) is 4.74. The van der Waals surface area contributed by atoms with E-state index in [0.717, 1.165) is 16.8 Å². The summed E-state index contributed by atoms with van der Waals surface area (Å²) in [5.41, 5.74) is 3.62. The van der Waals surface area contributed by atoms with E-state index in [4.69, 9.17) is 0 Å². The zero-order valence-electron chi connectivity index (χ0n) is 12.1. The molecule has 1 aromatic heterocycles. The molecule has 4 heteroatoms. The summed E-state index contributed by atoms with van der Waals surface area (Å²) in [7, 11) is 0. The molecule has 2 rings (SSSR count). The Balaban J connectivity index is 2.00. The van der Waals surface area contributed by atoms with Crippen molar-refractivity contribution in [2.75, 3.05) is 11.9 Å². The van der Waals surface area contributed by atoms with E-state index in [-0.39, 0.29) is 5.91 Å². The molecule has 0 unspecified atom stereocenters. The number of aromatic nitrogens is 1. The first-order valence-electron chi connectivity index (χ1n) is 6.83. The third-order valence-corrected chi connectivity index (χ3v) is 3.15. The maximum absolute atomic E-state index is 12.2. The van der Waals surface area contributed by atoms with Crippen molar-refractivity contribution < 1.29 is 4.79 Å². The molecule has 0 saturated heterocycles. The molecule has 1 aromatic carbocycles. The third kappa shape index (κ3) is 4.18. The average molecular weight is 281 g/mol. The average Bonchev–Trinajstić information content (AvgIpc) is 2.52. The minimum Gasteiger partial charge on any atom is -0.380 e. The van der Waals surface area contributed by atoms with E-state index in [2.05, 4.69) is 22.2 Å². The van der Waals surface area contributed by atoms with Gasteiger partial charge >= 0.3 is 0 Å². The molecule has 0 atom stereocenters. The maximum atomic E-state index is 12.2. The topological polar surface area (TPSA) is 54.0 Å². The molecule has 0 radical (unpaired) electrons. The number of aryl methyl sites for hydroxylation is 1. The van der Waals surface area contributed by atoms with Crippen molar-refractivity contribution in [3.8, 4) is 0 Å². The van der Waals surface area contributed by atoms with Gasteiger partial charge in [-0.2, -0.15) is 0 Å². The number of amides is 1. The quantitative estimate of drug-likeness (QED) is 0.800. The van der Waals surface area contributed by atoms with Crippen molar-refractivity contribution in [1.82, 2.24) is 10.3 Å². The molecular weight excluding hydrogens is 262 g/mol. The molecular formula is C17H19N3O. The van der Waals surface area contributed by atoms with Crippen LogP contribution in [-0.4, -0.2) is 17.4 Å². The Morgan fingerprint density at radius 1 is 1.33 bits per heavy atom. The van der Waals surface area contributed by atoms with Gasteiger partial charge in [0.05, 0.1) is 11.3 Å². The Morgan fingerprint density at radius 2 is 2.14 bits per heavy atom. The van der Waals surface area contributed by atoms with E-state index >= 15 is 0 Å². The Morgan fingerprint density at radius 3 is 2.90 bits per heavy atom. The van der Waals surface area contributed by atoms with E-state index in [1.54, 1.807) is 24.5 Å². The fourth-order valence-corrected chi connectivity index (χ4v) is 1.94. The Kier molecular flexibility index (Phi) is 5.10. The number of nitrogens with zero attached hydrogens (tertiary/aromatic N) is 1. The number of carbonyl (C=O) groups is 1. The van der Waals surface area contributed by atoms with Gasteiger partial charge in [-0.3, -0.25) is 9.78 Å². The maximum Gasteiger partial charge on any atom is 0.253 e. The Labute approximate surface area is 124 Å². The van der Waals surface area contributed by atoms with Crippen LogP contribution < -0.4 is 10.6 Å². The number of hydrogen-bond donors (Lipinski definition) is 2. The summed E-state index contributed by atoms with van der Waals surface area (Å²) >= 11 is 0. The van der Waals surface area contributed by atoms with Gasteiger partial charge in [0.15, 0.2) is 0 Å². The number of benzene rings is 1. The summed E-state index contributed by atoms with van der Waals surface area (Å²) in [5, 5.41) is 6.02. The van der Waals surface area contributed by atoms with Crippen LogP contribution in [-0.2, 0) is 6.54 Å². The Hall–Kier alpha value is -2.62. The van der Waals surface area contributed by atoms with Gasteiger partial charge in [-0.05, 0) is 24.1 Å². The zero-order chi connectivity index (χ0) is 15.1. The molecule has 0 fully saturated rings. The SMILES string of the molecule is C=CCNc1cncc(C(=O)NCc2ccccc2C)c1. The van der Waals surface area contributed by atoms with Gasteiger partial charge < -0.3 is 10.6 Å². The minimum absolute atomic E-state index is 0.131. The summed E-state index contributed by atoms with van der Waals surface area (Å²) in [6.45, 7) is 6.82. The van der Waals surface area contributed by atoms with Gasteiger partial charge in [-0.1, -0.05) is 30.3 Å². The van der Waals surface area contributed by atoms with Crippen LogP contribution in [0.25, 0.3) is 0 Å². The number of pyridine rings is 1. The predicted octanol–water partition coefficient (Wildman–Crippen LogP) is 2.92. The van der Waals surface area contributed by atoms with Crippen molar-refractivity contribution in [3.05, 3.63) is 72.1 Å². The second-order valence-electron chi connectivity index (χ2n) is 4.74. The Bertz CT molecular complexity index is 637. The molecule has 2 N–H and O–H groups in total. The predicted molar refractivity (Wildman–Crippen MR) is 85.3 cm³/mol. The van der Waals surface area contributed by atoms with Crippen LogP contribution in [0.5, 0.6) is 0 Å². The lowest BCUT2D eigenvalue weighted by Crippen LogP contribution is -2.23. The van der Waals surface area contributed by atoms with Crippen LogP contribution in [0.4, 0.5) is 5.69 Å². The van der Waals surface area contributed by atoms with E-state index < -0.39 is 0 Å². The fraction of sp³-hybridized carbons (Fsp3) is 0.176. The van der Waals surface area contributed by atoms with Gasteiger partial charge in [-0.25, -0.2) is 0 Å². The van der Waals surface area contributed by atoms with E-state index in [9.17, 15) is 4.79 Å². The van der Waals surface area contributed by atoms with E-state index in [1.807, 2.05) is 31.2 Å². The van der Waals surface area contributed by atoms with Gasteiger partial charge in [-0.15, -0.1) is 6.58 Å². The number of rotatable bonds is 6. The smallest absolute Gasteiger partial charge is 0.253 e. The van der Waals surface area contributed by atoms with Gasteiger partial charge in [0.25, 0.3) is 5.91 Å². The molecule has 0 bridgehead atoms. The van der Waals surface area contributed by atoms with Crippen LogP contribution >= 0.6 is 0 Å². The molecule has 4 nitrogen and oxygen atoms in total. The summed E-state index contributed by atoms with van der Waals surface area (Å²) in [5.74, 6) is -0.131. The number of nitrogens with one attached hydrogen (secondary N) is 2. The lowest BCUT2D eigenvalue weighted by Gasteiger charge is -2.09. The second kappa shape index (κ2) is 7.24. The molecule has 0 aliphatic rings. The van der Waals surface area contributed by atoms with Gasteiger partial charge in [0, 0.05) is 25.5 Å². The lowest BCUT2D eigenvalue weighted by atomic mass is 10.1. The van der Waals surface area contributed by atoms with Crippen molar-refractivity contribution in [3.63, 3.8) is 0 Å². The van der Waals surface area contributed by atoms with Crippen molar-refractivity contribution in [1.29, 1.82) is 0 Å². The highest BCUT2D eigenvalue weighted by molar-refractivity contribution is 5.94. The standard InChI is InChI=1S/C17H19N3O/c1-3-8-19-16-9-15(10-18-12-16)17(21)20-11-14-7-5-4-6-13(14)2/h3-7,9-10,12,19H,1,8,11H2,2H3,(H,20,21). The molecule has 0 aliphatic carbocycles. The molecule has 21 heavy (non-hydrogen) atoms. The fourth-order valence-electron chi connectivity index (χ4n) is 1.94. The monoisotopic (exact) mass is 281 g/mol. The highest BCUT2D eigenvalue weighted by atomic mass is 16.1. The van der Waals surface area contributed by atoms with Crippen LogP contribution in [0, 0.1) is 6.92 Å². The molecule has 1 amide bonds. The summed E-state index contributed by atoms with van der Waals surface area (Å²) in [6, 6.07) is 9.78. The summed E-state index contributed by atoms with van der Waals surface area (Å²) < 4.78 is 0. The van der Waals surface area contributed by atoms with Crippen molar-refractivity contribution >= 4 is 11.6 Å². The summed E-state index contributed by atoms with van der Waals surface area (Å²) in [6.07, 6.45) is 5.00. The molecule has 108 valence electrons. The first-order valence-corrected chi connectivity index (χ1v) is 6.83. The van der Waals surface area contributed by atoms with E-state index in [0.29, 0.717) is 18.7 Å². The minimum atomic E-state index is -0.131. The first-order chi connectivity index (χ1) is 10.2. The molecule has 1 heterocycles. The molecule has 0 saturated carbocycles. The highest BCUT2D eigenvalue weighted by Crippen LogP contribution is 2.10. The van der Waals surface area contributed by atoms with Crippen molar-refractivity contribution in [2.45, 2.75) is 13.5 Å². The normalized spacial score (nSPS) is 9.95. The molecule has 0 spiro atoms. The first kappa shape index (κ1) is 14.8. The molecule has 0 aliphatic heterocycles. The van der Waals surface area contributed by atoms with Gasteiger partial charge in [0.1, 0.15) is 0 Å². The van der Waals surface area contributed by atoms with Crippen LogP contribution in [0.15, 0.2) is 55.4 Å². The number of anilines is 1. The molecule has 2 aromatic rings. The lowest BCUT2D eigenvalue weighted by molar-refractivity contribution is 0.0950. The van der Waals surface area contributed by atoms with Crippen LogP contribution in [0.3, 0.4) is 0 Å². The highest BCUT2D eigenvalue weighted by Gasteiger charge is 2.07. The zero-order valence-corrected chi connectivity index (χ0v) is 12.1. The van der Waals surface area contributed by atoms with E-state index in [1.165, 1.54) is 0 Å². The van der Waals surface area contributed by atoms with Crippen molar-refractivity contribution in [2.24, 2.45) is 0 Å². The largest absolute Gasteiger partial charge is 0.380 e. The number of hydrogen-bond acceptors (Lipinski definition) is 3. The number of carbonyl (C=O) groups excluding carboxylic acids is 1. The van der Waals surface area contributed by atoms with Crippen LogP contribution in [0.2, 0.25) is 0 Å².